The molecule has 1 N–H and O–H groups in total. The van der Waals surface area contributed by atoms with Gasteiger partial charge in [0.2, 0.25) is 0 Å². The number of benzene rings is 2. The normalized spacial score (nSPS) is 18.1. The fourth-order valence-electron chi connectivity index (χ4n) is 5.29. The lowest BCUT2D eigenvalue weighted by Crippen LogP contribution is -2.34. The Bertz CT molecular complexity index is 1630. The molecule has 6 nitrogen and oxygen atoms in total. The van der Waals surface area contributed by atoms with Gasteiger partial charge in [-0.15, -0.1) is 0 Å². The number of halogens is 1. The zero-order valence-electron chi connectivity index (χ0n) is 19.6. The Kier molecular flexibility index (Phi) is 5.77. The van der Waals surface area contributed by atoms with Crippen molar-refractivity contribution in [1.29, 1.82) is 0 Å². The van der Waals surface area contributed by atoms with Crippen LogP contribution in [0.1, 0.15) is 42.9 Å². The number of fused-ring (bicyclic) bond motifs is 3. The second kappa shape index (κ2) is 9.24. The lowest BCUT2D eigenvalue weighted by molar-refractivity contribution is 0.0735. The van der Waals surface area contributed by atoms with Gasteiger partial charge in [0.05, 0.1) is 40.6 Å². The predicted octanol–water partition coefficient (Wildman–Crippen LogP) is 5.21. The van der Waals surface area contributed by atoms with Crippen LogP contribution in [-0.4, -0.2) is 30.7 Å². The Balaban J connectivity index is 1.43. The van der Waals surface area contributed by atoms with Crippen molar-refractivity contribution in [2.75, 3.05) is 0 Å². The molecule has 36 heavy (non-hydrogen) atoms. The highest BCUT2D eigenvalue weighted by molar-refractivity contribution is 6.04. The average molecular weight is 481 g/mol. The molecule has 1 aliphatic rings. The van der Waals surface area contributed by atoms with Crippen LogP contribution in [0.25, 0.3) is 33.1 Å². The standard InChI is InChI=1S/C29H25FN4O2/c30-23-8-2-1-6-20(23)24-12-11-18(16-32-24)14-19-15-22-28(21-7-5-13-31-27(19)21)33-17-34(29(22)36)25-9-3-4-10-26(25)35/h1-2,5-8,11-13,15-17,25-26,35H,3-4,9-10,14H2/t25-,26-/m0/s1. The summed E-state index contributed by atoms with van der Waals surface area (Å²) in [6, 6.07) is 15.7. The van der Waals surface area contributed by atoms with E-state index in [1.165, 1.54) is 6.07 Å². The van der Waals surface area contributed by atoms with Crippen molar-refractivity contribution in [3.05, 3.63) is 101 Å². The van der Waals surface area contributed by atoms with Crippen LogP contribution in [0.15, 0.2) is 78.1 Å². The summed E-state index contributed by atoms with van der Waals surface area (Å²) in [5.74, 6) is -0.311. The lowest BCUT2D eigenvalue weighted by atomic mass is 9.92. The maximum absolute atomic E-state index is 14.2. The molecule has 0 spiro atoms. The monoisotopic (exact) mass is 480 g/mol. The number of nitrogens with zero attached hydrogens (tertiary/aromatic N) is 4. The van der Waals surface area contributed by atoms with Crippen LogP contribution in [0.5, 0.6) is 0 Å². The Hall–Kier alpha value is -3.97. The van der Waals surface area contributed by atoms with Gasteiger partial charge in [0, 0.05) is 29.8 Å². The Labute approximate surface area is 207 Å². The van der Waals surface area contributed by atoms with Crippen LogP contribution in [-0.2, 0) is 6.42 Å². The summed E-state index contributed by atoms with van der Waals surface area (Å²) in [6.07, 6.45) is 8.41. The zero-order valence-corrected chi connectivity index (χ0v) is 19.6. The van der Waals surface area contributed by atoms with Crippen molar-refractivity contribution < 1.29 is 9.50 Å². The number of aromatic nitrogens is 4. The molecule has 0 saturated heterocycles. The van der Waals surface area contributed by atoms with E-state index >= 15 is 0 Å². The van der Waals surface area contributed by atoms with Crippen LogP contribution in [0.4, 0.5) is 4.39 Å². The van der Waals surface area contributed by atoms with Gasteiger partial charge < -0.3 is 5.11 Å². The van der Waals surface area contributed by atoms with Crippen LogP contribution in [0, 0.1) is 5.82 Å². The first-order valence-electron chi connectivity index (χ1n) is 12.3. The first kappa shape index (κ1) is 22.5. The summed E-state index contributed by atoms with van der Waals surface area (Å²) in [6.45, 7) is 0. The second-order valence-electron chi connectivity index (χ2n) is 9.42. The number of hydrogen-bond acceptors (Lipinski definition) is 5. The third-order valence-electron chi connectivity index (χ3n) is 7.14. The summed E-state index contributed by atoms with van der Waals surface area (Å²) in [5, 5.41) is 11.9. The molecular weight excluding hydrogens is 455 g/mol. The minimum Gasteiger partial charge on any atom is -0.391 e. The SMILES string of the molecule is O=c1c2cc(Cc3ccc(-c4ccccc4F)nc3)c3ncccc3c2ncn1[C@H]1CCCC[C@@H]1O. The van der Waals surface area contributed by atoms with Crippen molar-refractivity contribution in [2.24, 2.45) is 0 Å². The van der Waals surface area contributed by atoms with Gasteiger partial charge in [-0.25, -0.2) is 9.37 Å². The maximum Gasteiger partial charge on any atom is 0.261 e. The molecular formula is C29H25FN4O2. The Morgan fingerprint density at radius 2 is 1.81 bits per heavy atom. The fourth-order valence-corrected chi connectivity index (χ4v) is 5.29. The third-order valence-corrected chi connectivity index (χ3v) is 7.14. The summed E-state index contributed by atoms with van der Waals surface area (Å²) >= 11 is 0. The highest BCUT2D eigenvalue weighted by Crippen LogP contribution is 2.30. The fraction of sp³-hybridized carbons (Fsp3) is 0.241. The molecule has 3 aromatic heterocycles. The average Bonchev–Trinajstić information content (AvgIpc) is 2.91. The lowest BCUT2D eigenvalue weighted by Gasteiger charge is -2.29. The summed E-state index contributed by atoms with van der Waals surface area (Å²) in [7, 11) is 0. The van der Waals surface area contributed by atoms with E-state index in [4.69, 9.17) is 0 Å². The van der Waals surface area contributed by atoms with E-state index in [0.29, 0.717) is 35.0 Å². The van der Waals surface area contributed by atoms with Crippen molar-refractivity contribution >= 4 is 21.8 Å². The van der Waals surface area contributed by atoms with Gasteiger partial charge in [-0.1, -0.05) is 31.0 Å². The van der Waals surface area contributed by atoms with Gasteiger partial charge in [0.1, 0.15) is 5.82 Å². The number of hydrogen-bond donors (Lipinski definition) is 1. The molecule has 180 valence electrons. The molecule has 1 saturated carbocycles. The molecule has 7 heteroatoms. The molecule has 3 heterocycles. The van der Waals surface area contributed by atoms with Crippen LogP contribution < -0.4 is 5.56 Å². The first-order valence-corrected chi connectivity index (χ1v) is 12.3. The van der Waals surface area contributed by atoms with Gasteiger partial charge in [-0.2, -0.15) is 0 Å². The molecule has 1 fully saturated rings. The Morgan fingerprint density at radius 1 is 0.944 bits per heavy atom. The minimum atomic E-state index is -0.545. The number of aliphatic hydroxyl groups is 1. The number of aliphatic hydroxyl groups excluding tert-OH is 1. The van der Waals surface area contributed by atoms with E-state index in [2.05, 4.69) is 15.0 Å². The Morgan fingerprint density at radius 3 is 2.61 bits per heavy atom. The van der Waals surface area contributed by atoms with Crippen molar-refractivity contribution in [3.63, 3.8) is 0 Å². The van der Waals surface area contributed by atoms with Crippen molar-refractivity contribution in [2.45, 2.75) is 44.2 Å². The summed E-state index contributed by atoms with van der Waals surface area (Å²) in [4.78, 5) is 27.3. The van der Waals surface area contributed by atoms with Crippen LogP contribution >= 0.6 is 0 Å². The van der Waals surface area contributed by atoms with Gasteiger partial charge in [-0.3, -0.25) is 19.3 Å². The molecule has 0 amide bonds. The van der Waals surface area contributed by atoms with Crippen LogP contribution in [0.3, 0.4) is 0 Å². The molecule has 2 atom stereocenters. The smallest absolute Gasteiger partial charge is 0.261 e. The van der Waals surface area contributed by atoms with E-state index in [0.717, 1.165) is 41.3 Å². The molecule has 0 aliphatic heterocycles. The van der Waals surface area contributed by atoms with Gasteiger partial charge in [0.25, 0.3) is 5.56 Å². The number of pyridine rings is 2. The van der Waals surface area contributed by atoms with Gasteiger partial charge >= 0.3 is 0 Å². The highest BCUT2D eigenvalue weighted by atomic mass is 19.1. The van der Waals surface area contributed by atoms with E-state index in [-0.39, 0.29) is 17.4 Å². The quantitative estimate of drug-likeness (QED) is 0.357. The molecule has 0 unspecified atom stereocenters. The van der Waals surface area contributed by atoms with Crippen molar-refractivity contribution in [1.82, 2.24) is 19.5 Å². The van der Waals surface area contributed by atoms with Gasteiger partial charge in [0.15, 0.2) is 0 Å². The molecule has 0 bridgehead atoms. The van der Waals surface area contributed by atoms with Crippen molar-refractivity contribution in [3.8, 4) is 11.3 Å². The molecule has 0 radical (unpaired) electrons. The molecule has 1 aliphatic carbocycles. The zero-order chi connectivity index (χ0) is 24.6. The minimum absolute atomic E-state index is 0.147. The maximum atomic E-state index is 14.2. The van der Waals surface area contributed by atoms with Crippen LogP contribution in [0.2, 0.25) is 0 Å². The van der Waals surface area contributed by atoms with E-state index in [1.54, 1.807) is 41.5 Å². The highest BCUT2D eigenvalue weighted by Gasteiger charge is 2.26. The number of rotatable bonds is 4. The topological polar surface area (TPSA) is 80.9 Å². The molecule has 5 aromatic rings. The summed E-state index contributed by atoms with van der Waals surface area (Å²) in [5.41, 5.74) is 4.08. The van der Waals surface area contributed by atoms with E-state index in [1.807, 2.05) is 30.3 Å². The molecule has 6 rings (SSSR count). The first-order chi connectivity index (χ1) is 17.6. The second-order valence-corrected chi connectivity index (χ2v) is 9.42. The largest absolute Gasteiger partial charge is 0.391 e. The molecule has 2 aromatic carbocycles. The van der Waals surface area contributed by atoms with E-state index in [9.17, 15) is 14.3 Å². The predicted molar refractivity (Wildman–Crippen MR) is 137 cm³/mol. The van der Waals surface area contributed by atoms with E-state index < -0.39 is 6.10 Å². The van der Waals surface area contributed by atoms with Gasteiger partial charge in [-0.05, 0) is 60.4 Å². The summed E-state index contributed by atoms with van der Waals surface area (Å²) < 4.78 is 15.8. The third kappa shape index (κ3) is 3.95.